The fourth-order valence-electron chi connectivity index (χ4n) is 2.56. The smallest absolute Gasteiger partial charge is 0.256 e. The lowest BCUT2D eigenvalue weighted by Gasteiger charge is -2.32. The first kappa shape index (κ1) is 16.7. The summed E-state index contributed by atoms with van der Waals surface area (Å²) in [6.07, 6.45) is 2.47. The first-order valence-electron chi connectivity index (χ1n) is 7.51. The molecule has 1 fully saturated rings. The Balaban J connectivity index is 1.83. The molecule has 0 atom stereocenters. The maximum Gasteiger partial charge on any atom is 0.256 e. The molecule has 0 aromatic heterocycles. The van der Waals surface area contributed by atoms with Gasteiger partial charge in [-0.3, -0.25) is 9.59 Å². The minimum Gasteiger partial charge on any atom is -0.353 e. The number of rotatable bonds is 5. The number of hydrogen-bond donors (Lipinski definition) is 1. The summed E-state index contributed by atoms with van der Waals surface area (Å²) in [7, 11) is 0. The molecule has 1 N–H and O–H groups in total. The van der Waals surface area contributed by atoms with Gasteiger partial charge in [-0.05, 0) is 31.4 Å². The van der Waals surface area contributed by atoms with E-state index in [2.05, 4.69) is 5.32 Å². The van der Waals surface area contributed by atoms with Gasteiger partial charge < -0.3 is 10.2 Å². The van der Waals surface area contributed by atoms with Crippen molar-refractivity contribution >= 4 is 23.4 Å². The van der Waals surface area contributed by atoms with E-state index in [1.807, 2.05) is 0 Å². The number of amides is 2. The van der Waals surface area contributed by atoms with Crippen molar-refractivity contribution in [1.29, 1.82) is 0 Å². The van der Waals surface area contributed by atoms with Gasteiger partial charge >= 0.3 is 0 Å². The lowest BCUT2D eigenvalue weighted by molar-refractivity contribution is -0.122. The van der Waals surface area contributed by atoms with Gasteiger partial charge in [0.1, 0.15) is 5.82 Å². The van der Waals surface area contributed by atoms with Crippen molar-refractivity contribution in [3.05, 3.63) is 35.6 Å². The van der Waals surface area contributed by atoms with Crippen molar-refractivity contribution in [3.63, 3.8) is 0 Å². The predicted octanol–water partition coefficient (Wildman–Crippen LogP) is 2.57. The molecule has 1 saturated heterocycles. The lowest BCUT2D eigenvalue weighted by Crippen LogP contribution is -2.46. The Morgan fingerprint density at radius 2 is 1.95 bits per heavy atom. The maximum atomic E-state index is 13.6. The zero-order chi connectivity index (χ0) is 15.9. The van der Waals surface area contributed by atoms with Crippen molar-refractivity contribution < 1.29 is 14.0 Å². The molecule has 1 heterocycles. The number of nitrogens with zero attached hydrogens (tertiary/aromatic N) is 1. The second-order valence-corrected chi connectivity index (χ2v) is 5.78. The monoisotopic (exact) mass is 326 g/mol. The van der Waals surface area contributed by atoms with Crippen molar-refractivity contribution in [2.75, 3.05) is 19.0 Å². The highest BCUT2D eigenvalue weighted by Crippen LogP contribution is 2.16. The van der Waals surface area contributed by atoms with E-state index in [4.69, 9.17) is 11.6 Å². The maximum absolute atomic E-state index is 13.6. The Bertz CT molecular complexity index is 531. The standard InChI is InChI=1S/C16H20ClFN2O2/c17-9-3-6-15(21)19-12-7-10-20(11-8-12)16(22)13-4-1-2-5-14(13)18/h1-2,4-5,12H,3,6-11H2,(H,19,21). The van der Waals surface area contributed by atoms with Crippen LogP contribution >= 0.6 is 11.6 Å². The highest BCUT2D eigenvalue weighted by Gasteiger charge is 2.25. The van der Waals surface area contributed by atoms with E-state index in [1.165, 1.54) is 12.1 Å². The number of hydrogen-bond acceptors (Lipinski definition) is 2. The van der Waals surface area contributed by atoms with Crippen LogP contribution in [0.3, 0.4) is 0 Å². The zero-order valence-electron chi connectivity index (χ0n) is 12.4. The van der Waals surface area contributed by atoms with E-state index in [1.54, 1.807) is 17.0 Å². The highest BCUT2D eigenvalue weighted by molar-refractivity contribution is 6.17. The molecule has 1 aromatic rings. The van der Waals surface area contributed by atoms with Gasteiger partial charge in [0.2, 0.25) is 5.91 Å². The number of piperidine rings is 1. The zero-order valence-corrected chi connectivity index (χ0v) is 13.1. The summed E-state index contributed by atoms with van der Waals surface area (Å²) >= 11 is 5.56. The van der Waals surface area contributed by atoms with Crippen LogP contribution in [0.25, 0.3) is 0 Å². The normalized spacial score (nSPS) is 15.6. The molecule has 2 amide bonds. The molecule has 0 aliphatic carbocycles. The summed E-state index contributed by atoms with van der Waals surface area (Å²) < 4.78 is 13.6. The molecule has 0 spiro atoms. The molecule has 1 aliphatic heterocycles. The van der Waals surface area contributed by atoms with Crippen LogP contribution in [0, 0.1) is 5.82 Å². The van der Waals surface area contributed by atoms with Gasteiger partial charge in [-0.15, -0.1) is 11.6 Å². The average Bonchev–Trinajstić information content (AvgIpc) is 2.53. The third-order valence-electron chi connectivity index (χ3n) is 3.79. The average molecular weight is 327 g/mol. The molecule has 120 valence electrons. The SMILES string of the molecule is O=C(CCCCl)NC1CCN(C(=O)c2ccccc2F)CC1. The number of halogens is 2. The van der Waals surface area contributed by atoms with Gasteiger partial charge in [-0.1, -0.05) is 12.1 Å². The Kier molecular flexibility index (Phi) is 6.19. The molecular formula is C16H20ClFN2O2. The Hall–Kier alpha value is -1.62. The first-order valence-corrected chi connectivity index (χ1v) is 8.04. The van der Waals surface area contributed by atoms with Gasteiger partial charge in [0.05, 0.1) is 5.56 Å². The molecule has 2 rings (SSSR count). The Morgan fingerprint density at radius 1 is 1.27 bits per heavy atom. The van der Waals surface area contributed by atoms with E-state index >= 15 is 0 Å². The van der Waals surface area contributed by atoms with Crippen molar-refractivity contribution in [2.24, 2.45) is 0 Å². The molecule has 0 radical (unpaired) electrons. The van der Waals surface area contributed by atoms with E-state index in [9.17, 15) is 14.0 Å². The molecule has 1 aromatic carbocycles. The van der Waals surface area contributed by atoms with Crippen LogP contribution in [-0.4, -0.2) is 41.7 Å². The second-order valence-electron chi connectivity index (χ2n) is 5.41. The number of alkyl halides is 1. The predicted molar refractivity (Wildman–Crippen MR) is 83.4 cm³/mol. The number of carbonyl (C=O) groups is 2. The number of benzene rings is 1. The van der Waals surface area contributed by atoms with Gasteiger partial charge in [0, 0.05) is 31.4 Å². The quantitative estimate of drug-likeness (QED) is 0.845. The van der Waals surface area contributed by atoms with Crippen molar-refractivity contribution in [1.82, 2.24) is 10.2 Å². The summed E-state index contributed by atoms with van der Waals surface area (Å²) in [6, 6.07) is 6.08. The summed E-state index contributed by atoms with van der Waals surface area (Å²) in [5.41, 5.74) is 0.104. The van der Waals surface area contributed by atoms with Crippen LogP contribution < -0.4 is 5.32 Å². The molecular weight excluding hydrogens is 307 g/mol. The minimum atomic E-state index is -0.496. The van der Waals surface area contributed by atoms with Crippen LogP contribution in [0.4, 0.5) is 4.39 Å². The van der Waals surface area contributed by atoms with Crippen LogP contribution in [-0.2, 0) is 4.79 Å². The summed E-state index contributed by atoms with van der Waals surface area (Å²) in [4.78, 5) is 25.6. The number of nitrogens with one attached hydrogen (secondary N) is 1. The Labute approximate surface area is 134 Å². The van der Waals surface area contributed by atoms with Gasteiger partial charge in [0.25, 0.3) is 5.91 Å². The van der Waals surface area contributed by atoms with Gasteiger partial charge in [0.15, 0.2) is 0 Å². The third kappa shape index (κ3) is 4.44. The van der Waals surface area contributed by atoms with E-state index in [-0.39, 0.29) is 23.4 Å². The second kappa shape index (κ2) is 8.13. The molecule has 0 bridgehead atoms. The topological polar surface area (TPSA) is 49.4 Å². The minimum absolute atomic E-state index is 0.000435. The van der Waals surface area contributed by atoms with Crippen molar-refractivity contribution in [3.8, 4) is 0 Å². The lowest BCUT2D eigenvalue weighted by atomic mass is 10.0. The largest absolute Gasteiger partial charge is 0.353 e. The molecule has 4 nitrogen and oxygen atoms in total. The van der Waals surface area contributed by atoms with E-state index < -0.39 is 5.82 Å². The van der Waals surface area contributed by atoms with Crippen LogP contribution in [0.2, 0.25) is 0 Å². The fourth-order valence-corrected chi connectivity index (χ4v) is 2.69. The fraction of sp³-hybridized carbons (Fsp3) is 0.500. The molecule has 0 saturated carbocycles. The molecule has 0 unspecified atom stereocenters. The Morgan fingerprint density at radius 3 is 2.59 bits per heavy atom. The van der Waals surface area contributed by atoms with Gasteiger partial charge in [-0.2, -0.15) is 0 Å². The van der Waals surface area contributed by atoms with Crippen LogP contribution in [0.5, 0.6) is 0 Å². The summed E-state index contributed by atoms with van der Waals surface area (Å²) in [5, 5.41) is 2.95. The number of carbonyl (C=O) groups excluding carboxylic acids is 2. The highest BCUT2D eigenvalue weighted by atomic mass is 35.5. The third-order valence-corrected chi connectivity index (χ3v) is 4.06. The molecule has 22 heavy (non-hydrogen) atoms. The van der Waals surface area contributed by atoms with E-state index in [0.717, 1.165) is 0 Å². The first-order chi connectivity index (χ1) is 10.6. The van der Waals surface area contributed by atoms with Gasteiger partial charge in [-0.25, -0.2) is 4.39 Å². The summed E-state index contributed by atoms with van der Waals surface area (Å²) in [5.74, 6) is -0.309. The van der Waals surface area contributed by atoms with Crippen LogP contribution in [0.1, 0.15) is 36.0 Å². The summed E-state index contributed by atoms with van der Waals surface area (Å²) in [6.45, 7) is 1.04. The van der Waals surface area contributed by atoms with Crippen LogP contribution in [0.15, 0.2) is 24.3 Å². The van der Waals surface area contributed by atoms with E-state index in [0.29, 0.717) is 44.7 Å². The molecule has 1 aliphatic rings. The number of likely N-dealkylation sites (tertiary alicyclic amines) is 1. The molecule has 6 heteroatoms. The van der Waals surface area contributed by atoms with Crippen molar-refractivity contribution in [2.45, 2.75) is 31.7 Å².